The Bertz CT molecular complexity index is 524. The minimum atomic E-state index is -0.202. The maximum absolute atomic E-state index is 13.8. The Morgan fingerprint density at radius 1 is 1.32 bits per heavy atom. The van der Waals surface area contributed by atoms with Crippen LogP contribution < -0.4 is 10.2 Å². The van der Waals surface area contributed by atoms with Crippen LogP contribution >= 0.6 is 0 Å². The maximum atomic E-state index is 13.8. The quantitative estimate of drug-likeness (QED) is 0.866. The molecule has 0 amide bonds. The molecule has 3 nitrogen and oxygen atoms in total. The average Bonchev–Trinajstić information content (AvgIpc) is 2.85. The van der Waals surface area contributed by atoms with Gasteiger partial charge in [0.2, 0.25) is 0 Å². The van der Waals surface area contributed by atoms with Crippen molar-refractivity contribution in [1.29, 1.82) is 0 Å². The minimum Gasteiger partial charge on any atom is -0.467 e. The van der Waals surface area contributed by atoms with Crippen molar-refractivity contribution in [1.82, 2.24) is 5.32 Å². The van der Waals surface area contributed by atoms with E-state index in [1.54, 1.807) is 18.4 Å². The number of anilines is 1. The number of furan rings is 1. The molecule has 0 aliphatic carbocycles. The summed E-state index contributed by atoms with van der Waals surface area (Å²) in [6.07, 6.45) is 1.74. The molecule has 2 rings (SSSR count). The zero-order valence-electron chi connectivity index (χ0n) is 11.3. The van der Waals surface area contributed by atoms with Crippen LogP contribution in [-0.2, 0) is 13.1 Å². The third-order valence-corrected chi connectivity index (χ3v) is 3.01. The van der Waals surface area contributed by atoms with Crippen molar-refractivity contribution in [2.24, 2.45) is 0 Å². The molecule has 0 radical (unpaired) electrons. The summed E-state index contributed by atoms with van der Waals surface area (Å²) < 4.78 is 19.3. The number of para-hydroxylation sites is 1. The van der Waals surface area contributed by atoms with E-state index in [-0.39, 0.29) is 5.82 Å². The second-order valence-corrected chi connectivity index (χ2v) is 4.42. The largest absolute Gasteiger partial charge is 0.467 e. The number of rotatable bonds is 6. The summed E-state index contributed by atoms with van der Waals surface area (Å²) in [6, 6.07) is 8.81. The number of nitrogens with zero attached hydrogens (tertiary/aromatic N) is 1. The molecule has 4 heteroatoms. The molecular weight excluding hydrogens is 243 g/mol. The molecule has 0 unspecified atom stereocenters. The van der Waals surface area contributed by atoms with E-state index in [9.17, 15) is 4.39 Å². The van der Waals surface area contributed by atoms with E-state index in [1.165, 1.54) is 6.07 Å². The third-order valence-electron chi connectivity index (χ3n) is 3.01. The summed E-state index contributed by atoms with van der Waals surface area (Å²) in [5, 5.41) is 3.07. The van der Waals surface area contributed by atoms with Crippen LogP contribution in [0.2, 0.25) is 0 Å². The van der Waals surface area contributed by atoms with Crippen LogP contribution in [-0.4, -0.2) is 13.6 Å². The van der Waals surface area contributed by atoms with Gasteiger partial charge in [0.15, 0.2) is 0 Å². The van der Waals surface area contributed by atoms with Crippen LogP contribution in [0.4, 0.5) is 10.1 Å². The van der Waals surface area contributed by atoms with Crippen molar-refractivity contribution in [3.63, 3.8) is 0 Å². The summed E-state index contributed by atoms with van der Waals surface area (Å²) >= 11 is 0. The lowest BCUT2D eigenvalue weighted by Gasteiger charge is -2.22. The second kappa shape index (κ2) is 6.38. The first-order valence-corrected chi connectivity index (χ1v) is 6.45. The van der Waals surface area contributed by atoms with E-state index in [0.29, 0.717) is 12.2 Å². The highest BCUT2D eigenvalue weighted by Crippen LogP contribution is 2.21. The topological polar surface area (TPSA) is 28.4 Å². The van der Waals surface area contributed by atoms with Gasteiger partial charge in [-0.2, -0.15) is 0 Å². The molecule has 1 aromatic carbocycles. The van der Waals surface area contributed by atoms with Crippen molar-refractivity contribution in [3.8, 4) is 0 Å². The summed E-state index contributed by atoms with van der Waals surface area (Å²) in [4.78, 5) is 1.96. The van der Waals surface area contributed by atoms with Crippen LogP contribution in [0.3, 0.4) is 0 Å². The number of hydrogen-bond acceptors (Lipinski definition) is 3. The van der Waals surface area contributed by atoms with E-state index in [1.807, 2.05) is 31.0 Å². The summed E-state index contributed by atoms with van der Waals surface area (Å²) in [6.45, 7) is 4.07. The van der Waals surface area contributed by atoms with Gasteiger partial charge in [-0.25, -0.2) is 4.39 Å². The lowest BCUT2D eigenvalue weighted by molar-refractivity contribution is 0.499. The fourth-order valence-corrected chi connectivity index (χ4v) is 2.07. The molecule has 2 aromatic rings. The van der Waals surface area contributed by atoms with Gasteiger partial charge in [-0.15, -0.1) is 0 Å². The number of benzene rings is 1. The monoisotopic (exact) mass is 262 g/mol. The first kappa shape index (κ1) is 13.6. The molecule has 0 atom stereocenters. The second-order valence-electron chi connectivity index (χ2n) is 4.42. The van der Waals surface area contributed by atoms with Crippen LogP contribution in [0.1, 0.15) is 18.2 Å². The molecule has 0 aliphatic rings. The zero-order valence-corrected chi connectivity index (χ0v) is 11.3. The van der Waals surface area contributed by atoms with Crippen LogP contribution in [0.5, 0.6) is 0 Å². The average molecular weight is 262 g/mol. The van der Waals surface area contributed by atoms with Gasteiger partial charge in [-0.05, 0) is 32.2 Å². The van der Waals surface area contributed by atoms with Crippen molar-refractivity contribution in [2.75, 3.05) is 18.5 Å². The molecule has 0 saturated carbocycles. The number of nitrogens with one attached hydrogen (secondary N) is 1. The molecule has 0 fully saturated rings. The Balaban J connectivity index is 2.12. The van der Waals surface area contributed by atoms with Crippen molar-refractivity contribution in [3.05, 3.63) is 53.7 Å². The molecule has 0 aliphatic heterocycles. The standard InChI is InChI=1S/C15H19FN2O/c1-3-18(15-7-5-4-6-14(15)16)10-13-8-12(9-17-2)11-19-13/h4-8,11,17H,3,9-10H2,1-2H3. The Morgan fingerprint density at radius 2 is 2.11 bits per heavy atom. The van der Waals surface area contributed by atoms with Gasteiger partial charge in [0.25, 0.3) is 0 Å². The van der Waals surface area contributed by atoms with E-state index in [4.69, 9.17) is 4.42 Å². The van der Waals surface area contributed by atoms with Crippen molar-refractivity contribution in [2.45, 2.75) is 20.0 Å². The van der Waals surface area contributed by atoms with Gasteiger partial charge in [0, 0.05) is 18.7 Å². The Hall–Kier alpha value is -1.81. The van der Waals surface area contributed by atoms with E-state index >= 15 is 0 Å². The molecule has 1 heterocycles. The molecule has 102 valence electrons. The molecule has 1 N–H and O–H groups in total. The molecular formula is C15H19FN2O. The highest BCUT2D eigenvalue weighted by molar-refractivity contribution is 5.47. The Kier molecular flexibility index (Phi) is 4.58. The van der Waals surface area contributed by atoms with Crippen LogP contribution in [0, 0.1) is 5.82 Å². The highest BCUT2D eigenvalue weighted by atomic mass is 19.1. The zero-order chi connectivity index (χ0) is 13.7. The van der Waals surface area contributed by atoms with Crippen LogP contribution in [0.25, 0.3) is 0 Å². The highest BCUT2D eigenvalue weighted by Gasteiger charge is 2.12. The minimum absolute atomic E-state index is 0.202. The van der Waals surface area contributed by atoms with Gasteiger partial charge in [-0.3, -0.25) is 0 Å². The molecule has 0 bridgehead atoms. The third kappa shape index (κ3) is 3.35. The lowest BCUT2D eigenvalue weighted by Crippen LogP contribution is -2.22. The lowest BCUT2D eigenvalue weighted by atomic mass is 10.2. The predicted molar refractivity (Wildman–Crippen MR) is 74.6 cm³/mol. The summed E-state index contributed by atoms with van der Waals surface area (Å²) in [5.74, 6) is 0.640. The van der Waals surface area contributed by atoms with E-state index in [0.717, 1.165) is 24.4 Å². The molecule has 0 saturated heterocycles. The van der Waals surface area contributed by atoms with E-state index in [2.05, 4.69) is 5.32 Å². The van der Waals surface area contributed by atoms with Gasteiger partial charge in [0.1, 0.15) is 11.6 Å². The normalized spacial score (nSPS) is 10.7. The van der Waals surface area contributed by atoms with Crippen LogP contribution in [0.15, 0.2) is 41.0 Å². The van der Waals surface area contributed by atoms with Gasteiger partial charge in [-0.1, -0.05) is 12.1 Å². The smallest absolute Gasteiger partial charge is 0.146 e. The SMILES string of the molecule is CCN(Cc1cc(CNC)co1)c1ccccc1F. The maximum Gasteiger partial charge on any atom is 0.146 e. The fourth-order valence-electron chi connectivity index (χ4n) is 2.07. The fraction of sp³-hybridized carbons (Fsp3) is 0.333. The van der Waals surface area contributed by atoms with Gasteiger partial charge < -0.3 is 14.6 Å². The van der Waals surface area contributed by atoms with Crippen molar-refractivity contribution < 1.29 is 8.81 Å². The Morgan fingerprint density at radius 3 is 2.79 bits per heavy atom. The predicted octanol–water partition coefficient (Wildman–Crippen LogP) is 3.16. The van der Waals surface area contributed by atoms with Gasteiger partial charge in [0.05, 0.1) is 18.5 Å². The Labute approximate surface area is 113 Å². The summed E-state index contributed by atoms with van der Waals surface area (Å²) in [5.41, 5.74) is 1.71. The first-order valence-electron chi connectivity index (χ1n) is 6.45. The number of halogens is 1. The van der Waals surface area contributed by atoms with Gasteiger partial charge >= 0.3 is 0 Å². The molecule has 0 spiro atoms. The first-order chi connectivity index (χ1) is 9.24. The van der Waals surface area contributed by atoms with Crippen molar-refractivity contribution >= 4 is 5.69 Å². The molecule has 19 heavy (non-hydrogen) atoms. The summed E-state index contributed by atoms with van der Waals surface area (Å²) in [7, 11) is 1.89. The number of hydrogen-bond donors (Lipinski definition) is 1. The van der Waals surface area contributed by atoms with E-state index < -0.39 is 0 Å². The molecule has 1 aromatic heterocycles.